The van der Waals surface area contributed by atoms with Crippen molar-refractivity contribution in [3.05, 3.63) is 218 Å². The molecule has 0 amide bonds. The minimum Gasteiger partial charge on any atom is -0.456 e. The van der Waals surface area contributed by atoms with Crippen LogP contribution in [0.5, 0.6) is 0 Å². The summed E-state index contributed by atoms with van der Waals surface area (Å²) in [6.07, 6.45) is 0. The molecule has 3 nitrogen and oxygen atoms in total. The number of benzene rings is 10. The molecule has 0 bridgehead atoms. The smallest absolute Gasteiger partial charge is 0.160 e. The van der Waals surface area contributed by atoms with E-state index in [-0.39, 0.29) is 0 Å². The molecular formula is C58H36N2O. The lowest BCUT2D eigenvalue weighted by Gasteiger charge is -2.19. The van der Waals surface area contributed by atoms with Crippen molar-refractivity contribution in [3.8, 4) is 67.3 Å². The van der Waals surface area contributed by atoms with Crippen molar-refractivity contribution in [3.63, 3.8) is 0 Å². The molecule has 12 rings (SSSR count). The summed E-state index contributed by atoms with van der Waals surface area (Å²) in [5.41, 5.74) is 13.7. The van der Waals surface area contributed by atoms with Crippen molar-refractivity contribution in [1.29, 1.82) is 0 Å². The molecule has 12 aromatic rings. The first-order valence-corrected chi connectivity index (χ1v) is 20.7. The van der Waals surface area contributed by atoms with Gasteiger partial charge in [-0.15, -0.1) is 0 Å². The Morgan fingerprint density at radius 2 is 0.836 bits per heavy atom. The van der Waals surface area contributed by atoms with Gasteiger partial charge in [0.25, 0.3) is 0 Å². The monoisotopic (exact) mass is 776 g/mol. The van der Waals surface area contributed by atoms with E-state index in [9.17, 15) is 0 Å². The summed E-state index contributed by atoms with van der Waals surface area (Å²) >= 11 is 0. The topological polar surface area (TPSA) is 38.9 Å². The molecule has 0 N–H and O–H groups in total. The van der Waals surface area contributed by atoms with Crippen LogP contribution in [0.15, 0.2) is 223 Å². The molecule has 0 fully saturated rings. The van der Waals surface area contributed by atoms with E-state index in [2.05, 4.69) is 176 Å². The molecule has 2 aromatic heterocycles. The van der Waals surface area contributed by atoms with Crippen LogP contribution in [0.2, 0.25) is 0 Å². The first-order valence-electron chi connectivity index (χ1n) is 20.7. The van der Waals surface area contributed by atoms with Crippen LogP contribution in [0.25, 0.3) is 122 Å². The molecule has 0 spiro atoms. The molecule has 2 heterocycles. The van der Waals surface area contributed by atoms with Gasteiger partial charge in [0, 0.05) is 27.5 Å². The maximum Gasteiger partial charge on any atom is 0.160 e. The van der Waals surface area contributed by atoms with Crippen molar-refractivity contribution in [1.82, 2.24) is 9.97 Å². The summed E-state index contributed by atoms with van der Waals surface area (Å²) in [5, 5.41) is 9.68. The maximum absolute atomic E-state index is 6.26. The zero-order chi connectivity index (χ0) is 40.3. The second-order valence-electron chi connectivity index (χ2n) is 15.6. The Kier molecular flexibility index (Phi) is 8.17. The number of rotatable bonds is 6. The van der Waals surface area contributed by atoms with Crippen LogP contribution < -0.4 is 0 Å². The first-order chi connectivity index (χ1) is 30.2. The minimum atomic E-state index is 0.683. The van der Waals surface area contributed by atoms with Crippen molar-refractivity contribution >= 4 is 54.3 Å². The second-order valence-corrected chi connectivity index (χ2v) is 15.6. The van der Waals surface area contributed by atoms with Gasteiger partial charge in [-0.1, -0.05) is 200 Å². The van der Waals surface area contributed by atoms with E-state index in [1.54, 1.807) is 0 Å². The quantitative estimate of drug-likeness (QED) is 0.125. The van der Waals surface area contributed by atoms with E-state index in [1.165, 1.54) is 54.6 Å². The summed E-state index contributed by atoms with van der Waals surface area (Å²) in [5.74, 6) is 0.683. The van der Waals surface area contributed by atoms with E-state index in [4.69, 9.17) is 14.4 Å². The molecule has 0 radical (unpaired) electrons. The largest absolute Gasteiger partial charge is 0.456 e. The lowest BCUT2D eigenvalue weighted by Crippen LogP contribution is -1.96. The normalized spacial score (nSPS) is 11.6. The van der Waals surface area contributed by atoms with Crippen LogP contribution in [0.4, 0.5) is 0 Å². The van der Waals surface area contributed by atoms with Crippen LogP contribution in [0, 0.1) is 0 Å². The molecule has 3 heteroatoms. The highest BCUT2D eigenvalue weighted by Gasteiger charge is 2.20. The highest BCUT2D eigenvalue weighted by atomic mass is 16.3. The van der Waals surface area contributed by atoms with Gasteiger partial charge < -0.3 is 4.42 Å². The third-order valence-electron chi connectivity index (χ3n) is 12.1. The molecule has 0 saturated heterocycles. The van der Waals surface area contributed by atoms with Crippen LogP contribution in [0.1, 0.15) is 0 Å². The molecule has 0 aliphatic rings. The average molecular weight is 777 g/mol. The standard InChI is InChI=1S/C58H36N2O/c1-3-15-41(16-4-1)55-46-21-10-9-20-45(46)54(49-35-34-39-14-7-8-19-44(39)57(49)55)42-32-28-38(29-33-42)37-26-30-40(31-27-37)50-36-51(60-58(59-50)43-17-5-2-6-18-43)47-23-13-25-53-56(47)48-22-11-12-24-52(48)61-53/h1-36H. The SMILES string of the molecule is c1ccc(-c2nc(-c3ccc(-c4ccc(-c5c6ccccc6c(-c6ccccc6)c6c5ccc5ccccc56)cc4)cc3)cc(-c3cccc4oc5ccccc5c34)n2)cc1. The summed E-state index contributed by atoms with van der Waals surface area (Å²) in [6.45, 7) is 0. The van der Waals surface area contributed by atoms with E-state index in [0.29, 0.717) is 5.82 Å². The third kappa shape index (κ3) is 5.90. The molecule has 0 aliphatic carbocycles. The Balaban J connectivity index is 0.954. The molecule has 0 saturated carbocycles. The van der Waals surface area contributed by atoms with E-state index in [0.717, 1.165) is 61.1 Å². The van der Waals surface area contributed by atoms with Gasteiger partial charge >= 0.3 is 0 Å². The van der Waals surface area contributed by atoms with Gasteiger partial charge in [-0.25, -0.2) is 9.97 Å². The summed E-state index contributed by atoms with van der Waals surface area (Å²) in [7, 11) is 0. The van der Waals surface area contributed by atoms with Crippen LogP contribution in [-0.4, -0.2) is 9.97 Å². The molecule has 61 heavy (non-hydrogen) atoms. The molecule has 0 unspecified atom stereocenters. The number of aromatic nitrogens is 2. The first kappa shape index (κ1) is 34.9. The lowest BCUT2D eigenvalue weighted by molar-refractivity contribution is 0.669. The van der Waals surface area contributed by atoms with Crippen molar-refractivity contribution < 1.29 is 4.42 Å². The van der Waals surface area contributed by atoms with Gasteiger partial charge in [-0.05, 0) is 83.9 Å². The fraction of sp³-hybridized carbons (Fsp3) is 0. The number of para-hydroxylation sites is 1. The molecule has 10 aromatic carbocycles. The van der Waals surface area contributed by atoms with Crippen LogP contribution in [0.3, 0.4) is 0 Å². The van der Waals surface area contributed by atoms with Crippen LogP contribution >= 0.6 is 0 Å². The molecule has 0 aliphatic heterocycles. The number of nitrogens with zero attached hydrogens (tertiary/aromatic N) is 2. The number of furan rings is 1. The predicted molar refractivity (Wildman–Crippen MR) is 254 cm³/mol. The average Bonchev–Trinajstić information content (AvgIpc) is 3.73. The fourth-order valence-electron chi connectivity index (χ4n) is 9.26. The second kappa shape index (κ2) is 14.3. The Labute approximate surface area is 352 Å². The van der Waals surface area contributed by atoms with Crippen molar-refractivity contribution in [2.45, 2.75) is 0 Å². The Bertz CT molecular complexity index is 3610. The van der Waals surface area contributed by atoms with Gasteiger partial charge in [0.05, 0.1) is 11.4 Å². The number of hydrogen-bond acceptors (Lipinski definition) is 3. The fourth-order valence-corrected chi connectivity index (χ4v) is 9.26. The van der Waals surface area contributed by atoms with Gasteiger partial charge in [-0.3, -0.25) is 0 Å². The summed E-state index contributed by atoms with van der Waals surface area (Å²) < 4.78 is 6.26. The van der Waals surface area contributed by atoms with E-state index in [1.807, 2.05) is 42.5 Å². The maximum atomic E-state index is 6.26. The van der Waals surface area contributed by atoms with Crippen LogP contribution in [-0.2, 0) is 0 Å². The summed E-state index contributed by atoms with van der Waals surface area (Å²) in [4.78, 5) is 10.3. The van der Waals surface area contributed by atoms with Gasteiger partial charge in [0.15, 0.2) is 5.82 Å². The zero-order valence-corrected chi connectivity index (χ0v) is 33.1. The Morgan fingerprint density at radius 3 is 1.57 bits per heavy atom. The lowest BCUT2D eigenvalue weighted by atomic mass is 9.84. The van der Waals surface area contributed by atoms with E-state index >= 15 is 0 Å². The van der Waals surface area contributed by atoms with E-state index < -0.39 is 0 Å². The van der Waals surface area contributed by atoms with Gasteiger partial charge in [0.1, 0.15) is 11.2 Å². The Morgan fingerprint density at radius 1 is 0.295 bits per heavy atom. The van der Waals surface area contributed by atoms with Gasteiger partial charge in [0.2, 0.25) is 0 Å². The molecule has 284 valence electrons. The zero-order valence-electron chi connectivity index (χ0n) is 33.1. The van der Waals surface area contributed by atoms with Crippen molar-refractivity contribution in [2.24, 2.45) is 0 Å². The molecule has 0 atom stereocenters. The number of fused-ring (bicyclic) bond motifs is 7. The Hall–Kier alpha value is -8.14. The summed E-state index contributed by atoms with van der Waals surface area (Å²) in [6, 6.07) is 77.6. The third-order valence-corrected chi connectivity index (χ3v) is 12.1. The van der Waals surface area contributed by atoms with Crippen molar-refractivity contribution in [2.75, 3.05) is 0 Å². The highest BCUT2D eigenvalue weighted by Crippen LogP contribution is 2.46. The predicted octanol–water partition coefficient (Wildman–Crippen LogP) is 15.8. The molecular weight excluding hydrogens is 741 g/mol. The number of hydrogen-bond donors (Lipinski definition) is 0. The highest BCUT2D eigenvalue weighted by molar-refractivity contribution is 6.28. The minimum absolute atomic E-state index is 0.683. The van der Waals surface area contributed by atoms with Gasteiger partial charge in [-0.2, -0.15) is 0 Å².